The highest BCUT2D eigenvalue weighted by molar-refractivity contribution is 5.59. The van der Waals surface area contributed by atoms with E-state index in [0.29, 0.717) is 0 Å². The number of aryl methyl sites for hydroxylation is 1. The third kappa shape index (κ3) is 1.67. The van der Waals surface area contributed by atoms with E-state index in [2.05, 4.69) is 10.1 Å². The second-order valence-electron chi connectivity index (χ2n) is 2.97. The van der Waals surface area contributed by atoms with Crippen LogP contribution in [0.5, 0.6) is 0 Å². The fourth-order valence-electron chi connectivity index (χ4n) is 1.27. The van der Waals surface area contributed by atoms with E-state index < -0.39 is 6.43 Å². The summed E-state index contributed by atoms with van der Waals surface area (Å²) in [6.07, 6.45) is 0.0622. The van der Waals surface area contributed by atoms with Crippen molar-refractivity contribution in [2.45, 2.75) is 6.43 Å². The Hall–Kier alpha value is -1.92. The molecule has 0 amide bonds. The third-order valence-corrected chi connectivity index (χ3v) is 1.85. The average molecular weight is 214 g/mol. The molecule has 2 rings (SSSR count). The van der Waals surface area contributed by atoms with Crippen molar-refractivity contribution in [3.8, 4) is 11.3 Å². The SMILES string of the molecule is Cn1cc(-c2cnc(N)o2)c(C(F)F)n1. The normalized spacial score (nSPS) is 11.2. The van der Waals surface area contributed by atoms with Gasteiger partial charge in [0.15, 0.2) is 5.76 Å². The molecule has 0 radical (unpaired) electrons. The molecule has 80 valence electrons. The lowest BCUT2D eigenvalue weighted by molar-refractivity contribution is 0.145. The van der Waals surface area contributed by atoms with Gasteiger partial charge >= 0.3 is 0 Å². The topological polar surface area (TPSA) is 69.9 Å². The summed E-state index contributed by atoms with van der Waals surface area (Å²) >= 11 is 0. The summed E-state index contributed by atoms with van der Waals surface area (Å²) in [5.41, 5.74) is 5.12. The Morgan fingerprint density at radius 2 is 2.27 bits per heavy atom. The second kappa shape index (κ2) is 3.34. The van der Waals surface area contributed by atoms with Crippen molar-refractivity contribution in [3.05, 3.63) is 18.1 Å². The number of halogens is 2. The van der Waals surface area contributed by atoms with Gasteiger partial charge in [-0.25, -0.2) is 13.8 Å². The van der Waals surface area contributed by atoms with Crippen molar-refractivity contribution in [2.75, 3.05) is 5.73 Å². The molecule has 2 aromatic rings. The molecule has 0 unspecified atom stereocenters. The Bertz CT molecular complexity index is 477. The van der Waals surface area contributed by atoms with Gasteiger partial charge in [-0.1, -0.05) is 0 Å². The molecule has 2 aromatic heterocycles. The van der Waals surface area contributed by atoms with E-state index in [9.17, 15) is 8.78 Å². The molecule has 15 heavy (non-hydrogen) atoms. The first-order chi connectivity index (χ1) is 7.08. The molecule has 2 N–H and O–H groups in total. The molecule has 0 saturated heterocycles. The van der Waals surface area contributed by atoms with E-state index in [-0.39, 0.29) is 23.0 Å². The van der Waals surface area contributed by atoms with Crippen molar-refractivity contribution < 1.29 is 13.2 Å². The first-order valence-corrected chi connectivity index (χ1v) is 4.11. The van der Waals surface area contributed by atoms with Gasteiger partial charge < -0.3 is 10.2 Å². The van der Waals surface area contributed by atoms with Gasteiger partial charge in [0.25, 0.3) is 12.4 Å². The quantitative estimate of drug-likeness (QED) is 0.824. The molecule has 2 heterocycles. The maximum atomic E-state index is 12.6. The van der Waals surface area contributed by atoms with Crippen molar-refractivity contribution in [3.63, 3.8) is 0 Å². The number of nitrogens with two attached hydrogens (primary N) is 1. The number of alkyl halides is 2. The van der Waals surface area contributed by atoms with Gasteiger partial charge in [-0.15, -0.1) is 0 Å². The van der Waals surface area contributed by atoms with Crippen LogP contribution in [-0.2, 0) is 7.05 Å². The first-order valence-electron chi connectivity index (χ1n) is 4.11. The van der Waals surface area contributed by atoms with Crippen LogP contribution < -0.4 is 5.73 Å². The summed E-state index contributed by atoms with van der Waals surface area (Å²) in [7, 11) is 1.55. The first kappa shape index (κ1) is 9.63. The van der Waals surface area contributed by atoms with Crippen LogP contribution >= 0.6 is 0 Å². The van der Waals surface area contributed by atoms with Crippen LogP contribution in [0.3, 0.4) is 0 Å². The third-order valence-electron chi connectivity index (χ3n) is 1.85. The zero-order valence-corrected chi connectivity index (χ0v) is 7.82. The van der Waals surface area contributed by atoms with Gasteiger partial charge in [0.2, 0.25) is 0 Å². The van der Waals surface area contributed by atoms with Crippen molar-refractivity contribution in [2.24, 2.45) is 7.05 Å². The molecule has 0 aliphatic heterocycles. The van der Waals surface area contributed by atoms with Crippen LogP contribution in [0.4, 0.5) is 14.8 Å². The zero-order chi connectivity index (χ0) is 11.0. The van der Waals surface area contributed by atoms with Gasteiger partial charge in [-0.3, -0.25) is 4.68 Å². The highest BCUT2D eigenvalue weighted by atomic mass is 19.3. The van der Waals surface area contributed by atoms with Crippen molar-refractivity contribution in [1.82, 2.24) is 14.8 Å². The minimum atomic E-state index is -2.66. The zero-order valence-electron chi connectivity index (χ0n) is 7.82. The Balaban J connectivity index is 2.52. The molecular formula is C8H8F2N4O. The van der Waals surface area contributed by atoms with Crippen LogP contribution in [0.2, 0.25) is 0 Å². The summed E-state index contributed by atoms with van der Waals surface area (Å²) < 4.78 is 31.4. The number of nitrogens with zero attached hydrogens (tertiary/aromatic N) is 3. The lowest BCUT2D eigenvalue weighted by Crippen LogP contribution is -1.91. The summed E-state index contributed by atoms with van der Waals surface area (Å²) in [4.78, 5) is 3.63. The molecule has 0 aliphatic rings. The van der Waals surface area contributed by atoms with Crippen LogP contribution in [-0.4, -0.2) is 14.8 Å². The van der Waals surface area contributed by atoms with Crippen LogP contribution in [0, 0.1) is 0 Å². The molecular weight excluding hydrogens is 206 g/mol. The number of oxazole rings is 1. The summed E-state index contributed by atoms with van der Waals surface area (Å²) in [6, 6.07) is -0.0610. The van der Waals surface area contributed by atoms with E-state index in [0.717, 1.165) is 0 Å². The van der Waals surface area contributed by atoms with Crippen LogP contribution in [0.15, 0.2) is 16.8 Å². The summed E-state index contributed by atoms with van der Waals surface area (Å²) in [5, 5.41) is 3.63. The predicted molar refractivity (Wildman–Crippen MR) is 48.1 cm³/mol. The van der Waals surface area contributed by atoms with E-state index in [4.69, 9.17) is 10.2 Å². The van der Waals surface area contributed by atoms with Gasteiger partial charge in [0, 0.05) is 13.2 Å². The molecule has 5 nitrogen and oxygen atoms in total. The highest BCUT2D eigenvalue weighted by Gasteiger charge is 2.21. The standard InChI is InChI=1S/C8H8F2N4O/c1-14-3-4(6(13-14)7(9)10)5-2-12-8(11)15-5/h2-3,7H,1H3,(H2,11,12). The molecule has 0 fully saturated rings. The lowest BCUT2D eigenvalue weighted by Gasteiger charge is -1.95. The van der Waals surface area contributed by atoms with Crippen LogP contribution in [0.25, 0.3) is 11.3 Å². The fourth-order valence-corrected chi connectivity index (χ4v) is 1.27. The van der Waals surface area contributed by atoms with E-state index in [1.807, 2.05) is 0 Å². The maximum Gasteiger partial charge on any atom is 0.292 e. The van der Waals surface area contributed by atoms with Gasteiger partial charge in [0.1, 0.15) is 5.69 Å². The highest BCUT2D eigenvalue weighted by Crippen LogP contribution is 2.30. The minimum Gasteiger partial charge on any atom is -0.424 e. The van der Waals surface area contributed by atoms with Gasteiger partial charge in [-0.05, 0) is 0 Å². The summed E-state index contributed by atoms with van der Waals surface area (Å²) in [6.45, 7) is 0. The smallest absolute Gasteiger partial charge is 0.292 e. The lowest BCUT2D eigenvalue weighted by atomic mass is 10.2. The largest absolute Gasteiger partial charge is 0.424 e. The van der Waals surface area contributed by atoms with Crippen molar-refractivity contribution >= 4 is 6.01 Å². The van der Waals surface area contributed by atoms with Crippen molar-refractivity contribution in [1.29, 1.82) is 0 Å². The second-order valence-corrected chi connectivity index (χ2v) is 2.97. The number of rotatable bonds is 2. The minimum absolute atomic E-state index is 0.0610. The fraction of sp³-hybridized carbons (Fsp3) is 0.250. The molecule has 0 aromatic carbocycles. The molecule has 0 aliphatic carbocycles. The molecule has 7 heteroatoms. The number of aromatic nitrogens is 3. The maximum absolute atomic E-state index is 12.6. The van der Waals surface area contributed by atoms with Gasteiger partial charge in [0.05, 0.1) is 11.8 Å². The molecule has 0 bridgehead atoms. The molecule has 0 spiro atoms. The van der Waals surface area contributed by atoms with E-state index in [1.165, 1.54) is 17.1 Å². The summed E-state index contributed by atoms with van der Waals surface area (Å²) in [5.74, 6) is 0.191. The monoisotopic (exact) mass is 214 g/mol. The number of hydrogen-bond acceptors (Lipinski definition) is 4. The average Bonchev–Trinajstić information content (AvgIpc) is 2.71. The van der Waals surface area contributed by atoms with Gasteiger partial charge in [-0.2, -0.15) is 5.10 Å². The Morgan fingerprint density at radius 3 is 2.80 bits per heavy atom. The van der Waals surface area contributed by atoms with Crippen LogP contribution in [0.1, 0.15) is 12.1 Å². The van der Waals surface area contributed by atoms with E-state index in [1.54, 1.807) is 7.05 Å². The number of nitrogen functional groups attached to an aromatic ring is 1. The number of hydrogen-bond donors (Lipinski definition) is 1. The Labute approximate surface area is 83.5 Å². The van der Waals surface area contributed by atoms with E-state index >= 15 is 0 Å². The Kier molecular flexibility index (Phi) is 2.14. The predicted octanol–water partition coefficient (Wildman–Crippen LogP) is 1.59. The number of anilines is 1. The molecule has 0 saturated carbocycles. The molecule has 0 atom stereocenters. The Morgan fingerprint density at radius 1 is 1.53 bits per heavy atom.